The molecule has 0 amide bonds. The first-order valence-corrected chi connectivity index (χ1v) is 7.25. The summed E-state index contributed by atoms with van der Waals surface area (Å²) in [7, 11) is 0. The Labute approximate surface area is 125 Å². The molecular weight excluding hydrogens is 260 g/mol. The number of carbonyl (C=O) groups is 1. The van der Waals surface area contributed by atoms with Crippen LogP contribution in [0.25, 0.3) is 5.57 Å². The summed E-state index contributed by atoms with van der Waals surface area (Å²) >= 11 is 0. The van der Waals surface area contributed by atoms with Crippen LogP contribution in [0.1, 0.15) is 30.0 Å². The zero-order chi connectivity index (χ0) is 15.1. The van der Waals surface area contributed by atoms with Crippen molar-refractivity contribution in [2.45, 2.75) is 26.2 Å². The fourth-order valence-corrected chi connectivity index (χ4v) is 2.32. The maximum absolute atomic E-state index is 11.0. The van der Waals surface area contributed by atoms with Crippen molar-refractivity contribution < 1.29 is 9.90 Å². The first-order chi connectivity index (χ1) is 10.2. The maximum atomic E-state index is 11.0. The highest BCUT2D eigenvalue weighted by Crippen LogP contribution is 2.20. The third kappa shape index (κ3) is 4.60. The molecule has 2 rings (SSSR count). The standard InChI is InChI=1S/C19H20O2/c1-2-15-8-10-16(11-9-15)12-13-18(14-19(20)21)17-6-4-3-5-7-17/h3-11,14H,2,12-13H2,1H3,(H,20,21)/b18-14-. The first-order valence-electron chi connectivity index (χ1n) is 7.25. The Kier molecular flexibility index (Phi) is 5.33. The van der Waals surface area contributed by atoms with Crippen LogP contribution >= 0.6 is 0 Å². The minimum atomic E-state index is -0.893. The SMILES string of the molecule is CCc1ccc(CC/C(=C/C(=O)O)c2ccccc2)cc1. The first kappa shape index (κ1) is 15.0. The molecule has 0 aliphatic carbocycles. The van der Waals surface area contributed by atoms with Crippen LogP contribution in [0, 0.1) is 0 Å². The Morgan fingerprint density at radius 2 is 1.62 bits per heavy atom. The van der Waals surface area contributed by atoms with Gasteiger partial charge in [-0.15, -0.1) is 0 Å². The minimum absolute atomic E-state index is 0.724. The van der Waals surface area contributed by atoms with E-state index in [9.17, 15) is 4.79 Å². The number of aryl methyl sites for hydroxylation is 2. The Bertz CT molecular complexity index is 610. The molecule has 108 valence electrons. The van der Waals surface area contributed by atoms with E-state index in [-0.39, 0.29) is 0 Å². The van der Waals surface area contributed by atoms with Crippen molar-refractivity contribution in [1.82, 2.24) is 0 Å². The van der Waals surface area contributed by atoms with Crippen molar-refractivity contribution in [3.8, 4) is 0 Å². The minimum Gasteiger partial charge on any atom is -0.478 e. The summed E-state index contributed by atoms with van der Waals surface area (Å²) in [5.41, 5.74) is 4.40. The van der Waals surface area contributed by atoms with Gasteiger partial charge in [0.05, 0.1) is 0 Å². The van der Waals surface area contributed by atoms with Gasteiger partial charge in [0.15, 0.2) is 0 Å². The molecule has 0 aliphatic rings. The second kappa shape index (κ2) is 7.44. The lowest BCUT2D eigenvalue weighted by atomic mass is 9.97. The van der Waals surface area contributed by atoms with Crippen LogP contribution < -0.4 is 0 Å². The van der Waals surface area contributed by atoms with Gasteiger partial charge in [0.25, 0.3) is 0 Å². The molecule has 0 spiro atoms. The van der Waals surface area contributed by atoms with Crippen LogP contribution in [0.3, 0.4) is 0 Å². The molecule has 0 bridgehead atoms. The number of carboxylic acid groups (broad SMARTS) is 1. The van der Waals surface area contributed by atoms with E-state index in [1.165, 1.54) is 17.2 Å². The maximum Gasteiger partial charge on any atom is 0.328 e. The van der Waals surface area contributed by atoms with Gasteiger partial charge in [0.1, 0.15) is 0 Å². The van der Waals surface area contributed by atoms with E-state index in [4.69, 9.17) is 5.11 Å². The highest BCUT2D eigenvalue weighted by atomic mass is 16.4. The summed E-state index contributed by atoms with van der Waals surface area (Å²) in [4.78, 5) is 11.0. The van der Waals surface area contributed by atoms with E-state index in [1.807, 2.05) is 30.3 Å². The van der Waals surface area contributed by atoms with Crippen molar-refractivity contribution in [3.63, 3.8) is 0 Å². The van der Waals surface area contributed by atoms with Crippen molar-refractivity contribution >= 4 is 11.5 Å². The van der Waals surface area contributed by atoms with E-state index >= 15 is 0 Å². The third-order valence-electron chi connectivity index (χ3n) is 3.56. The van der Waals surface area contributed by atoms with Crippen molar-refractivity contribution in [2.75, 3.05) is 0 Å². The third-order valence-corrected chi connectivity index (χ3v) is 3.56. The second-order valence-corrected chi connectivity index (χ2v) is 5.04. The topological polar surface area (TPSA) is 37.3 Å². The van der Waals surface area contributed by atoms with Gasteiger partial charge in [-0.05, 0) is 41.5 Å². The zero-order valence-corrected chi connectivity index (χ0v) is 12.3. The van der Waals surface area contributed by atoms with Crippen molar-refractivity contribution in [3.05, 3.63) is 77.4 Å². The lowest BCUT2D eigenvalue weighted by Gasteiger charge is -2.08. The van der Waals surface area contributed by atoms with Gasteiger partial charge in [0, 0.05) is 6.08 Å². The van der Waals surface area contributed by atoms with Crippen LogP contribution in [0.4, 0.5) is 0 Å². The van der Waals surface area contributed by atoms with Crippen LogP contribution in [-0.4, -0.2) is 11.1 Å². The van der Waals surface area contributed by atoms with Gasteiger partial charge in [-0.25, -0.2) is 4.79 Å². The summed E-state index contributed by atoms with van der Waals surface area (Å²) in [6, 6.07) is 18.2. The molecule has 2 heteroatoms. The number of hydrogen-bond acceptors (Lipinski definition) is 1. The van der Waals surface area contributed by atoms with Crippen LogP contribution in [-0.2, 0) is 17.6 Å². The average Bonchev–Trinajstić information content (AvgIpc) is 2.52. The molecule has 0 saturated heterocycles. The Balaban J connectivity index is 2.11. The molecule has 0 radical (unpaired) electrons. The smallest absolute Gasteiger partial charge is 0.328 e. The molecule has 0 unspecified atom stereocenters. The number of benzene rings is 2. The molecule has 21 heavy (non-hydrogen) atoms. The molecule has 2 aromatic carbocycles. The van der Waals surface area contributed by atoms with Crippen molar-refractivity contribution in [1.29, 1.82) is 0 Å². The molecule has 2 nitrogen and oxygen atoms in total. The number of allylic oxidation sites excluding steroid dienone is 1. The summed E-state index contributed by atoms with van der Waals surface area (Å²) < 4.78 is 0. The number of hydrogen-bond donors (Lipinski definition) is 1. The number of aliphatic carboxylic acids is 1. The molecule has 1 N–H and O–H groups in total. The van der Waals surface area contributed by atoms with Gasteiger partial charge < -0.3 is 5.11 Å². The fourth-order valence-electron chi connectivity index (χ4n) is 2.32. The van der Waals surface area contributed by atoms with Gasteiger partial charge in [0.2, 0.25) is 0 Å². The zero-order valence-electron chi connectivity index (χ0n) is 12.3. The van der Waals surface area contributed by atoms with Gasteiger partial charge in [-0.2, -0.15) is 0 Å². The monoisotopic (exact) mass is 280 g/mol. The van der Waals surface area contributed by atoms with Gasteiger partial charge >= 0.3 is 5.97 Å². The molecule has 0 aromatic heterocycles. The predicted octanol–water partition coefficient (Wildman–Crippen LogP) is 4.35. The molecule has 0 aliphatic heterocycles. The van der Waals surface area contributed by atoms with E-state index < -0.39 is 5.97 Å². The van der Waals surface area contributed by atoms with Gasteiger partial charge in [-0.3, -0.25) is 0 Å². The number of rotatable bonds is 6. The van der Waals surface area contributed by atoms with E-state index in [0.29, 0.717) is 0 Å². The molecule has 2 aromatic rings. The van der Waals surface area contributed by atoms with Crippen molar-refractivity contribution in [2.24, 2.45) is 0 Å². The highest BCUT2D eigenvalue weighted by Gasteiger charge is 2.05. The van der Waals surface area contributed by atoms with Crippen LogP contribution in [0.2, 0.25) is 0 Å². The van der Waals surface area contributed by atoms with E-state index in [1.54, 1.807) is 0 Å². The van der Waals surface area contributed by atoms with E-state index in [2.05, 4.69) is 31.2 Å². The average molecular weight is 280 g/mol. The summed E-state index contributed by atoms with van der Waals surface area (Å²) in [6.45, 7) is 2.14. The van der Waals surface area contributed by atoms with Crippen LogP contribution in [0.15, 0.2) is 60.7 Å². The van der Waals surface area contributed by atoms with Crippen LogP contribution in [0.5, 0.6) is 0 Å². The molecule has 0 fully saturated rings. The second-order valence-electron chi connectivity index (χ2n) is 5.04. The molecule has 0 saturated carbocycles. The number of carboxylic acids is 1. The molecule has 0 atom stereocenters. The summed E-state index contributed by atoms with van der Waals surface area (Å²) in [5, 5.41) is 9.03. The van der Waals surface area contributed by atoms with E-state index in [0.717, 1.165) is 30.4 Å². The largest absolute Gasteiger partial charge is 0.478 e. The summed E-state index contributed by atoms with van der Waals surface area (Å²) in [5.74, 6) is -0.893. The molecule has 0 heterocycles. The Morgan fingerprint density at radius 1 is 1.00 bits per heavy atom. The fraction of sp³-hybridized carbons (Fsp3) is 0.211. The predicted molar refractivity (Wildman–Crippen MR) is 86.2 cm³/mol. The van der Waals surface area contributed by atoms with Gasteiger partial charge in [-0.1, -0.05) is 61.5 Å². The highest BCUT2D eigenvalue weighted by molar-refractivity contribution is 5.90. The normalized spacial score (nSPS) is 11.4. The molecular formula is C19H20O2. The lowest BCUT2D eigenvalue weighted by molar-refractivity contribution is -0.131. The summed E-state index contributed by atoms with van der Waals surface area (Å²) in [6.07, 6.45) is 3.92. The quantitative estimate of drug-likeness (QED) is 0.799. The Morgan fingerprint density at radius 3 is 2.19 bits per heavy atom. The lowest BCUT2D eigenvalue weighted by Crippen LogP contribution is -1.95. The Hall–Kier alpha value is -2.35.